The number of benzene rings is 2. The lowest BCUT2D eigenvalue weighted by Crippen LogP contribution is -2.27. The molecular weight excluding hydrogens is 344 g/mol. The molecule has 0 aromatic heterocycles. The van der Waals surface area contributed by atoms with Crippen molar-refractivity contribution in [2.75, 3.05) is 29.7 Å². The van der Waals surface area contributed by atoms with E-state index in [0.29, 0.717) is 23.2 Å². The number of hydrogen-bond acceptors (Lipinski definition) is 2. The average molecular weight is 364 g/mol. The summed E-state index contributed by atoms with van der Waals surface area (Å²) in [5, 5.41) is 9.21. The van der Waals surface area contributed by atoms with Gasteiger partial charge in [0.05, 0.1) is 0 Å². The first-order chi connectivity index (χ1) is 11.1. The lowest BCUT2D eigenvalue weighted by molar-refractivity contribution is 1.13. The molecule has 0 amide bonds. The van der Waals surface area contributed by atoms with E-state index in [1.165, 1.54) is 21.3 Å². The van der Waals surface area contributed by atoms with Crippen LogP contribution in [0.25, 0.3) is 0 Å². The molecule has 2 aromatic carbocycles. The smallest absolute Gasteiger partial charge is 0.158 e. The summed E-state index contributed by atoms with van der Waals surface area (Å²) >= 11 is 8.06. The van der Waals surface area contributed by atoms with E-state index < -0.39 is 0 Å². The van der Waals surface area contributed by atoms with E-state index in [1.54, 1.807) is 11.8 Å². The molecule has 1 aliphatic heterocycles. The van der Waals surface area contributed by atoms with Crippen molar-refractivity contribution < 1.29 is 0 Å². The van der Waals surface area contributed by atoms with Crippen molar-refractivity contribution in [1.29, 1.82) is 5.41 Å². The molecule has 1 aliphatic rings. The van der Waals surface area contributed by atoms with Crippen LogP contribution in [0.1, 0.15) is 5.56 Å². The third-order valence-electron chi connectivity index (χ3n) is 3.96. The molecule has 0 saturated carbocycles. The first kappa shape index (κ1) is 16.7. The highest BCUT2D eigenvalue weighted by atomic mass is 35.5. The SMILES string of the molecule is CSc1cccc(N(C)C(=N)Cc2cc([S+]3CC3)ccc2Cl)c1. The number of likely N-dealkylation sites (N-methyl/N-ethyl adjacent to an activating group) is 1. The van der Waals surface area contributed by atoms with E-state index in [4.69, 9.17) is 17.0 Å². The standard InChI is InChI=1S/C18H20ClN2S2/c1-21(14-4-3-5-15(12-14)22-2)18(20)11-13-10-16(23-8-9-23)6-7-17(13)19/h3-7,10,12,20H,8-9,11H2,1-2H3/q+1. The zero-order valence-electron chi connectivity index (χ0n) is 13.3. The van der Waals surface area contributed by atoms with Crippen LogP contribution < -0.4 is 4.90 Å². The van der Waals surface area contributed by atoms with Gasteiger partial charge in [0.15, 0.2) is 16.4 Å². The van der Waals surface area contributed by atoms with Gasteiger partial charge in [0, 0.05) is 40.0 Å². The second-order valence-electron chi connectivity index (χ2n) is 5.54. The monoisotopic (exact) mass is 363 g/mol. The quantitative estimate of drug-likeness (QED) is 0.274. The van der Waals surface area contributed by atoms with Gasteiger partial charge in [-0.2, -0.15) is 0 Å². The molecule has 0 aliphatic carbocycles. The molecule has 3 rings (SSSR count). The third kappa shape index (κ3) is 4.06. The second-order valence-corrected chi connectivity index (χ2v) is 9.10. The fraction of sp³-hybridized carbons (Fsp3) is 0.278. The van der Waals surface area contributed by atoms with Crippen LogP contribution in [0.2, 0.25) is 5.02 Å². The molecule has 0 spiro atoms. The van der Waals surface area contributed by atoms with Gasteiger partial charge in [-0.25, -0.2) is 0 Å². The van der Waals surface area contributed by atoms with Gasteiger partial charge < -0.3 is 4.90 Å². The van der Waals surface area contributed by atoms with E-state index >= 15 is 0 Å². The fourth-order valence-corrected chi connectivity index (χ4v) is 4.43. The number of hydrogen-bond donors (Lipinski definition) is 1. The Hall–Kier alpha value is -1.10. The van der Waals surface area contributed by atoms with Crippen LogP contribution in [0.5, 0.6) is 0 Å². The molecule has 0 radical (unpaired) electrons. The first-order valence-corrected chi connectivity index (χ1v) is 10.7. The fourth-order valence-electron chi connectivity index (χ4n) is 2.42. The molecular formula is C18H20ClN2S2+. The largest absolute Gasteiger partial charge is 0.333 e. The van der Waals surface area contributed by atoms with Gasteiger partial charge in [0.1, 0.15) is 5.84 Å². The van der Waals surface area contributed by atoms with Gasteiger partial charge >= 0.3 is 0 Å². The van der Waals surface area contributed by atoms with E-state index in [-0.39, 0.29) is 0 Å². The maximum absolute atomic E-state index is 8.45. The molecule has 0 unspecified atom stereocenters. The summed E-state index contributed by atoms with van der Waals surface area (Å²) in [7, 11) is 2.39. The van der Waals surface area contributed by atoms with Crippen molar-refractivity contribution in [2.45, 2.75) is 16.2 Å². The van der Waals surface area contributed by atoms with Crippen molar-refractivity contribution >= 4 is 45.8 Å². The van der Waals surface area contributed by atoms with Crippen molar-refractivity contribution in [3.63, 3.8) is 0 Å². The summed E-state index contributed by atoms with van der Waals surface area (Å²) in [6.45, 7) is 0. The Balaban J connectivity index is 1.76. The molecule has 1 heterocycles. The van der Waals surface area contributed by atoms with Crippen LogP contribution >= 0.6 is 23.4 Å². The molecule has 0 atom stereocenters. The summed E-state index contributed by atoms with van der Waals surface area (Å²) in [6.07, 6.45) is 2.62. The van der Waals surface area contributed by atoms with Crippen molar-refractivity contribution in [2.24, 2.45) is 0 Å². The number of anilines is 1. The topological polar surface area (TPSA) is 27.1 Å². The number of nitrogens with one attached hydrogen (secondary N) is 1. The predicted octanol–water partition coefficient (Wildman–Crippen LogP) is 4.71. The molecule has 5 heteroatoms. The summed E-state index contributed by atoms with van der Waals surface area (Å²) in [5.74, 6) is 3.17. The van der Waals surface area contributed by atoms with Gasteiger partial charge in [-0.1, -0.05) is 17.7 Å². The molecule has 1 fully saturated rings. The highest BCUT2D eigenvalue weighted by Crippen LogP contribution is 2.29. The molecule has 2 nitrogen and oxygen atoms in total. The van der Waals surface area contributed by atoms with Crippen LogP contribution in [0.4, 0.5) is 5.69 Å². The van der Waals surface area contributed by atoms with Gasteiger partial charge in [-0.15, -0.1) is 11.8 Å². The number of nitrogens with zero attached hydrogens (tertiary/aromatic N) is 1. The Morgan fingerprint density at radius 2 is 2.04 bits per heavy atom. The van der Waals surface area contributed by atoms with Gasteiger partial charge in [0.25, 0.3) is 0 Å². The van der Waals surface area contributed by atoms with E-state index in [1.807, 2.05) is 30.1 Å². The van der Waals surface area contributed by atoms with Crippen LogP contribution in [0, 0.1) is 5.41 Å². The van der Waals surface area contributed by atoms with Crippen molar-refractivity contribution in [1.82, 2.24) is 0 Å². The lowest BCUT2D eigenvalue weighted by atomic mass is 10.1. The Morgan fingerprint density at radius 3 is 2.74 bits per heavy atom. The number of halogens is 1. The van der Waals surface area contributed by atoms with Crippen LogP contribution in [-0.4, -0.2) is 30.6 Å². The summed E-state index contributed by atoms with van der Waals surface area (Å²) in [5.41, 5.74) is 2.10. The summed E-state index contributed by atoms with van der Waals surface area (Å²) in [6, 6.07) is 14.6. The van der Waals surface area contributed by atoms with Gasteiger partial charge in [-0.3, -0.25) is 5.41 Å². The maximum atomic E-state index is 8.45. The van der Waals surface area contributed by atoms with Crippen molar-refractivity contribution in [3.8, 4) is 0 Å². The van der Waals surface area contributed by atoms with Crippen LogP contribution in [0.3, 0.4) is 0 Å². The van der Waals surface area contributed by atoms with E-state index in [9.17, 15) is 0 Å². The number of amidine groups is 1. The number of rotatable bonds is 5. The Labute approximate surface area is 150 Å². The lowest BCUT2D eigenvalue weighted by Gasteiger charge is -2.21. The Bertz CT molecular complexity index is 729. The zero-order valence-corrected chi connectivity index (χ0v) is 15.7. The zero-order chi connectivity index (χ0) is 16.4. The van der Waals surface area contributed by atoms with Crippen molar-refractivity contribution in [3.05, 3.63) is 53.1 Å². The normalized spacial score (nSPS) is 13.9. The second kappa shape index (κ2) is 7.20. The molecule has 1 N–H and O–H groups in total. The van der Waals surface area contributed by atoms with Gasteiger partial charge in [0.2, 0.25) is 0 Å². The summed E-state index contributed by atoms with van der Waals surface area (Å²) in [4.78, 5) is 4.53. The Kier molecular flexibility index (Phi) is 5.24. The highest BCUT2D eigenvalue weighted by molar-refractivity contribution is 8.03. The average Bonchev–Trinajstić information content (AvgIpc) is 3.41. The van der Waals surface area contributed by atoms with Crippen LogP contribution in [-0.2, 0) is 17.3 Å². The van der Waals surface area contributed by atoms with Crippen LogP contribution in [0.15, 0.2) is 52.3 Å². The predicted molar refractivity (Wildman–Crippen MR) is 105 cm³/mol. The molecule has 0 bridgehead atoms. The summed E-state index contributed by atoms with van der Waals surface area (Å²) < 4.78 is 0. The highest BCUT2D eigenvalue weighted by Gasteiger charge is 2.37. The van der Waals surface area contributed by atoms with Gasteiger partial charge in [-0.05, 0) is 48.2 Å². The molecule has 120 valence electrons. The van der Waals surface area contributed by atoms with E-state index in [0.717, 1.165) is 16.3 Å². The maximum Gasteiger partial charge on any atom is 0.158 e. The molecule has 2 aromatic rings. The minimum absolute atomic E-state index is 0.441. The molecule has 23 heavy (non-hydrogen) atoms. The Morgan fingerprint density at radius 1 is 1.26 bits per heavy atom. The first-order valence-electron chi connectivity index (χ1n) is 7.49. The molecule has 1 saturated heterocycles. The minimum Gasteiger partial charge on any atom is -0.333 e. The third-order valence-corrected chi connectivity index (χ3v) is 6.79. The number of thioether (sulfide) groups is 1. The minimum atomic E-state index is 0.441. The van der Waals surface area contributed by atoms with E-state index in [2.05, 4.69) is 30.5 Å².